The minimum atomic E-state index is -0.372. The lowest BCUT2D eigenvalue weighted by molar-refractivity contribution is -0.133. The van der Waals surface area contributed by atoms with Crippen LogP contribution in [-0.4, -0.2) is 59.9 Å². The third-order valence-electron chi connectivity index (χ3n) is 5.53. The fourth-order valence-electron chi connectivity index (χ4n) is 3.93. The Labute approximate surface area is 161 Å². The molecule has 0 aliphatic carbocycles. The van der Waals surface area contributed by atoms with E-state index in [0.29, 0.717) is 19.6 Å². The van der Waals surface area contributed by atoms with E-state index in [1.54, 1.807) is 6.92 Å². The maximum Gasteiger partial charge on any atom is 0.234 e. The number of nitrogens with zero attached hydrogens (tertiary/aromatic N) is 2. The lowest BCUT2D eigenvalue weighted by atomic mass is 9.90. The third kappa shape index (κ3) is 4.80. The van der Waals surface area contributed by atoms with Gasteiger partial charge in [-0.25, -0.2) is 0 Å². The molecule has 0 saturated carbocycles. The van der Waals surface area contributed by atoms with Gasteiger partial charge in [0.05, 0.1) is 13.1 Å². The van der Waals surface area contributed by atoms with Crippen molar-refractivity contribution in [3.05, 3.63) is 29.3 Å². The van der Waals surface area contributed by atoms with E-state index < -0.39 is 0 Å². The van der Waals surface area contributed by atoms with Crippen LogP contribution in [0, 0.1) is 6.92 Å². The first-order valence-electron chi connectivity index (χ1n) is 9.94. The number of hydrogen-bond donors (Lipinski definition) is 1. The second-order valence-electron chi connectivity index (χ2n) is 7.90. The molecule has 1 spiro atoms. The summed E-state index contributed by atoms with van der Waals surface area (Å²) in [7, 11) is 0. The Bertz CT molecular complexity index is 696. The van der Waals surface area contributed by atoms with Crippen molar-refractivity contribution in [2.75, 3.05) is 32.7 Å². The van der Waals surface area contributed by atoms with Gasteiger partial charge in [-0.05, 0) is 19.4 Å². The van der Waals surface area contributed by atoms with Crippen LogP contribution in [0.15, 0.2) is 18.2 Å². The SMILES string of the molecule is CCCNC(=O)CN1CCC2(CC1)CN(C(C)=O)Cc1cc(C)ccc1O2. The Kier molecular flexibility index (Phi) is 6.05. The number of amides is 2. The minimum absolute atomic E-state index is 0.0775. The van der Waals surface area contributed by atoms with Crippen LogP contribution >= 0.6 is 0 Å². The van der Waals surface area contributed by atoms with Crippen LogP contribution in [0.1, 0.15) is 44.2 Å². The molecule has 2 aliphatic rings. The van der Waals surface area contributed by atoms with Gasteiger partial charge in [-0.2, -0.15) is 0 Å². The Morgan fingerprint density at radius 3 is 2.67 bits per heavy atom. The number of piperidine rings is 1. The molecule has 6 nitrogen and oxygen atoms in total. The molecule has 1 aromatic rings. The molecule has 0 unspecified atom stereocenters. The van der Waals surface area contributed by atoms with Gasteiger partial charge < -0.3 is 15.0 Å². The van der Waals surface area contributed by atoms with Crippen LogP contribution in [0.3, 0.4) is 0 Å². The maximum atomic E-state index is 12.2. The zero-order chi connectivity index (χ0) is 19.4. The van der Waals surface area contributed by atoms with E-state index in [1.807, 2.05) is 11.0 Å². The molecule has 0 bridgehead atoms. The van der Waals surface area contributed by atoms with Crippen molar-refractivity contribution < 1.29 is 14.3 Å². The van der Waals surface area contributed by atoms with Crippen molar-refractivity contribution in [2.24, 2.45) is 0 Å². The van der Waals surface area contributed by atoms with Crippen LogP contribution in [-0.2, 0) is 16.1 Å². The normalized spacial score (nSPS) is 19.1. The third-order valence-corrected chi connectivity index (χ3v) is 5.53. The predicted molar refractivity (Wildman–Crippen MR) is 105 cm³/mol. The fourth-order valence-corrected chi connectivity index (χ4v) is 3.93. The Balaban J connectivity index is 1.71. The lowest BCUT2D eigenvalue weighted by Crippen LogP contribution is -2.55. The van der Waals surface area contributed by atoms with E-state index in [9.17, 15) is 9.59 Å². The molecule has 27 heavy (non-hydrogen) atoms. The van der Waals surface area contributed by atoms with E-state index in [-0.39, 0.29) is 17.4 Å². The number of likely N-dealkylation sites (tertiary alicyclic amines) is 1. The topological polar surface area (TPSA) is 61.9 Å². The molecule has 6 heteroatoms. The number of benzene rings is 1. The Morgan fingerprint density at radius 1 is 1.26 bits per heavy atom. The van der Waals surface area contributed by atoms with Crippen molar-refractivity contribution in [3.8, 4) is 5.75 Å². The summed E-state index contributed by atoms with van der Waals surface area (Å²) in [6, 6.07) is 6.20. The van der Waals surface area contributed by atoms with E-state index in [4.69, 9.17) is 4.74 Å². The summed E-state index contributed by atoms with van der Waals surface area (Å²) in [6.45, 7) is 9.69. The molecule has 0 radical (unpaired) electrons. The van der Waals surface area contributed by atoms with Crippen LogP contribution in [0.25, 0.3) is 0 Å². The molecule has 0 atom stereocenters. The highest BCUT2D eigenvalue weighted by Crippen LogP contribution is 2.36. The average Bonchev–Trinajstić information content (AvgIpc) is 2.79. The number of nitrogens with one attached hydrogen (secondary N) is 1. The van der Waals surface area contributed by atoms with Gasteiger partial charge in [0.25, 0.3) is 0 Å². The Hall–Kier alpha value is -2.08. The first-order valence-corrected chi connectivity index (χ1v) is 9.94. The van der Waals surface area contributed by atoms with Crippen molar-refractivity contribution in [3.63, 3.8) is 0 Å². The molecule has 3 rings (SSSR count). The fraction of sp³-hybridized carbons (Fsp3) is 0.619. The average molecular weight is 373 g/mol. The van der Waals surface area contributed by atoms with Gasteiger partial charge in [-0.15, -0.1) is 0 Å². The van der Waals surface area contributed by atoms with Gasteiger partial charge in [-0.3, -0.25) is 14.5 Å². The highest BCUT2D eigenvalue weighted by atomic mass is 16.5. The van der Waals surface area contributed by atoms with Gasteiger partial charge in [0.1, 0.15) is 11.4 Å². The highest BCUT2D eigenvalue weighted by molar-refractivity contribution is 5.78. The lowest BCUT2D eigenvalue weighted by Gasteiger charge is -2.42. The molecule has 0 aromatic heterocycles. The predicted octanol–water partition coefficient (Wildman–Crippen LogP) is 2.10. The van der Waals surface area contributed by atoms with Crippen LogP contribution in [0.4, 0.5) is 0 Å². The van der Waals surface area contributed by atoms with Crippen LogP contribution in [0.5, 0.6) is 5.75 Å². The number of fused-ring (bicyclic) bond motifs is 1. The van der Waals surface area contributed by atoms with E-state index in [2.05, 4.69) is 36.2 Å². The monoisotopic (exact) mass is 373 g/mol. The summed E-state index contributed by atoms with van der Waals surface area (Å²) in [5, 5.41) is 2.94. The molecule has 148 valence electrons. The number of hydrogen-bond acceptors (Lipinski definition) is 4. The van der Waals surface area contributed by atoms with Crippen molar-refractivity contribution in [2.45, 2.75) is 52.2 Å². The van der Waals surface area contributed by atoms with Gasteiger partial charge in [0.2, 0.25) is 11.8 Å². The number of carbonyl (C=O) groups excluding carboxylic acids is 2. The van der Waals surface area contributed by atoms with E-state index in [1.165, 1.54) is 5.56 Å². The largest absolute Gasteiger partial charge is 0.485 e. The standard InChI is InChI=1S/C21H31N3O3/c1-4-9-22-20(26)14-23-10-7-21(8-11-23)15-24(17(3)25)13-18-12-16(2)5-6-19(18)27-21/h5-6,12H,4,7-11,13-15H2,1-3H3,(H,22,26). The molecule has 2 heterocycles. The molecule has 1 N–H and O–H groups in total. The van der Waals surface area contributed by atoms with Crippen LogP contribution < -0.4 is 10.1 Å². The number of rotatable bonds is 4. The quantitative estimate of drug-likeness (QED) is 0.878. The molecule has 1 fully saturated rings. The van der Waals surface area contributed by atoms with Crippen molar-refractivity contribution >= 4 is 11.8 Å². The van der Waals surface area contributed by atoms with Gasteiger partial charge in [0, 0.05) is 51.5 Å². The number of ether oxygens (including phenoxy) is 1. The van der Waals surface area contributed by atoms with Crippen molar-refractivity contribution in [1.82, 2.24) is 15.1 Å². The zero-order valence-electron chi connectivity index (χ0n) is 16.7. The summed E-state index contributed by atoms with van der Waals surface area (Å²) in [6.07, 6.45) is 2.57. The summed E-state index contributed by atoms with van der Waals surface area (Å²) >= 11 is 0. The molecule has 1 aromatic carbocycles. The maximum absolute atomic E-state index is 12.2. The minimum Gasteiger partial charge on any atom is -0.485 e. The first-order chi connectivity index (χ1) is 12.9. The van der Waals surface area contributed by atoms with Gasteiger partial charge >= 0.3 is 0 Å². The summed E-state index contributed by atoms with van der Waals surface area (Å²) in [5.74, 6) is 1.05. The van der Waals surface area contributed by atoms with Gasteiger partial charge in [0.15, 0.2) is 0 Å². The second-order valence-corrected chi connectivity index (χ2v) is 7.90. The number of carbonyl (C=O) groups is 2. The van der Waals surface area contributed by atoms with Crippen molar-refractivity contribution in [1.29, 1.82) is 0 Å². The second kappa shape index (κ2) is 8.30. The van der Waals surface area contributed by atoms with E-state index in [0.717, 1.165) is 50.2 Å². The number of aryl methyl sites for hydroxylation is 1. The summed E-state index contributed by atoms with van der Waals surface area (Å²) < 4.78 is 6.52. The van der Waals surface area contributed by atoms with E-state index >= 15 is 0 Å². The van der Waals surface area contributed by atoms with Crippen LogP contribution in [0.2, 0.25) is 0 Å². The first kappa shape index (κ1) is 19.7. The Morgan fingerprint density at radius 2 is 2.00 bits per heavy atom. The zero-order valence-corrected chi connectivity index (χ0v) is 16.7. The molecular weight excluding hydrogens is 342 g/mol. The molecular formula is C21H31N3O3. The molecule has 2 amide bonds. The molecule has 1 saturated heterocycles. The summed E-state index contributed by atoms with van der Waals surface area (Å²) in [5.41, 5.74) is 1.87. The molecule has 2 aliphatic heterocycles. The summed E-state index contributed by atoms with van der Waals surface area (Å²) in [4.78, 5) is 28.3. The smallest absolute Gasteiger partial charge is 0.234 e. The van der Waals surface area contributed by atoms with Gasteiger partial charge in [-0.1, -0.05) is 24.6 Å². The highest BCUT2D eigenvalue weighted by Gasteiger charge is 2.41.